The van der Waals surface area contributed by atoms with Gasteiger partial charge in [-0.25, -0.2) is 0 Å². The minimum absolute atomic E-state index is 0.195. The first-order valence-electron chi connectivity index (χ1n) is 5.15. The SMILES string of the molecule is C=C[C@@H](CCC)OCc1ccccc1. The van der Waals surface area contributed by atoms with E-state index in [1.807, 2.05) is 24.3 Å². The molecule has 1 aromatic carbocycles. The van der Waals surface area contributed by atoms with Crippen LogP contribution in [0, 0.1) is 0 Å². The van der Waals surface area contributed by atoms with Crippen molar-refractivity contribution in [2.45, 2.75) is 32.5 Å². The highest BCUT2D eigenvalue weighted by Crippen LogP contribution is 2.07. The van der Waals surface area contributed by atoms with Gasteiger partial charge in [-0.2, -0.15) is 0 Å². The summed E-state index contributed by atoms with van der Waals surface area (Å²) in [6, 6.07) is 10.2. The van der Waals surface area contributed by atoms with E-state index in [0.29, 0.717) is 6.61 Å². The Morgan fingerprint density at radius 1 is 1.36 bits per heavy atom. The van der Waals surface area contributed by atoms with Gasteiger partial charge in [-0.15, -0.1) is 6.58 Å². The third-order valence-corrected chi connectivity index (χ3v) is 2.14. The largest absolute Gasteiger partial charge is 0.369 e. The lowest BCUT2D eigenvalue weighted by atomic mass is 10.2. The Hall–Kier alpha value is -1.08. The van der Waals surface area contributed by atoms with Crippen molar-refractivity contribution in [3.63, 3.8) is 0 Å². The summed E-state index contributed by atoms with van der Waals surface area (Å²) < 4.78 is 5.70. The Morgan fingerprint density at radius 3 is 2.64 bits per heavy atom. The number of hydrogen-bond donors (Lipinski definition) is 0. The van der Waals surface area contributed by atoms with Crippen molar-refractivity contribution in [2.24, 2.45) is 0 Å². The molecule has 14 heavy (non-hydrogen) atoms. The summed E-state index contributed by atoms with van der Waals surface area (Å²) in [6.45, 7) is 6.60. The zero-order valence-corrected chi connectivity index (χ0v) is 8.78. The summed E-state index contributed by atoms with van der Waals surface area (Å²) in [7, 11) is 0. The summed E-state index contributed by atoms with van der Waals surface area (Å²) in [5.74, 6) is 0. The van der Waals surface area contributed by atoms with Crippen LogP contribution in [0.3, 0.4) is 0 Å². The van der Waals surface area contributed by atoms with Crippen molar-refractivity contribution in [1.29, 1.82) is 0 Å². The van der Waals surface area contributed by atoms with Crippen molar-refractivity contribution in [1.82, 2.24) is 0 Å². The minimum Gasteiger partial charge on any atom is -0.369 e. The lowest BCUT2D eigenvalue weighted by Gasteiger charge is -2.12. The number of ether oxygens (including phenoxy) is 1. The Balaban J connectivity index is 2.35. The van der Waals surface area contributed by atoms with Gasteiger partial charge in [0.25, 0.3) is 0 Å². The molecule has 0 fully saturated rings. The Bertz CT molecular complexity index is 253. The van der Waals surface area contributed by atoms with Gasteiger partial charge in [-0.3, -0.25) is 0 Å². The first kappa shape index (κ1) is 11.0. The first-order chi connectivity index (χ1) is 6.86. The molecule has 1 aromatic rings. The molecular formula is C13H18O. The van der Waals surface area contributed by atoms with E-state index in [2.05, 4.69) is 25.6 Å². The monoisotopic (exact) mass is 190 g/mol. The van der Waals surface area contributed by atoms with Crippen molar-refractivity contribution in [3.8, 4) is 0 Å². The molecule has 1 rings (SSSR count). The summed E-state index contributed by atoms with van der Waals surface area (Å²) in [5, 5.41) is 0. The van der Waals surface area contributed by atoms with E-state index in [1.165, 1.54) is 5.56 Å². The molecule has 0 aliphatic carbocycles. The average Bonchev–Trinajstić information content (AvgIpc) is 2.25. The van der Waals surface area contributed by atoms with Crippen LogP contribution in [0.4, 0.5) is 0 Å². The highest BCUT2D eigenvalue weighted by Gasteiger charge is 2.02. The van der Waals surface area contributed by atoms with Crippen LogP contribution < -0.4 is 0 Å². The average molecular weight is 190 g/mol. The second-order valence-electron chi connectivity index (χ2n) is 3.36. The van der Waals surface area contributed by atoms with Crippen molar-refractivity contribution in [2.75, 3.05) is 0 Å². The Labute approximate surface area is 86.4 Å². The summed E-state index contributed by atoms with van der Waals surface area (Å²) in [4.78, 5) is 0. The maximum absolute atomic E-state index is 5.70. The Kier molecular flexibility index (Phi) is 5.02. The van der Waals surface area contributed by atoms with Gasteiger partial charge in [0, 0.05) is 0 Å². The quantitative estimate of drug-likeness (QED) is 0.623. The second-order valence-corrected chi connectivity index (χ2v) is 3.36. The van der Waals surface area contributed by atoms with E-state index in [9.17, 15) is 0 Å². The zero-order valence-electron chi connectivity index (χ0n) is 8.78. The molecule has 0 amide bonds. The van der Waals surface area contributed by atoms with Crippen LogP contribution in [0.1, 0.15) is 25.3 Å². The molecule has 0 aliphatic rings. The molecule has 0 aliphatic heterocycles. The molecule has 1 atom stereocenters. The molecule has 0 aromatic heterocycles. The van der Waals surface area contributed by atoms with E-state index in [1.54, 1.807) is 0 Å². The third kappa shape index (κ3) is 3.75. The van der Waals surface area contributed by atoms with Crippen LogP contribution in [-0.4, -0.2) is 6.10 Å². The fraction of sp³-hybridized carbons (Fsp3) is 0.385. The predicted octanol–water partition coefficient (Wildman–Crippen LogP) is 3.56. The molecular weight excluding hydrogens is 172 g/mol. The first-order valence-corrected chi connectivity index (χ1v) is 5.15. The molecule has 0 saturated heterocycles. The number of hydrogen-bond acceptors (Lipinski definition) is 1. The maximum Gasteiger partial charge on any atom is 0.0757 e. The van der Waals surface area contributed by atoms with Gasteiger partial charge in [0.1, 0.15) is 0 Å². The van der Waals surface area contributed by atoms with Gasteiger partial charge in [0.15, 0.2) is 0 Å². The van der Waals surface area contributed by atoms with E-state index >= 15 is 0 Å². The molecule has 0 spiro atoms. The highest BCUT2D eigenvalue weighted by atomic mass is 16.5. The van der Waals surface area contributed by atoms with Crippen LogP contribution in [0.25, 0.3) is 0 Å². The van der Waals surface area contributed by atoms with E-state index in [-0.39, 0.29) is 6.10 Å². The van der Waals surface area contributed by atoms with Crippen LogP contribution in [-0.2, 0) is 11.3 Å². The lowest BCUT2D eigenvalue weighted by Crippen LogP contribution is -2.08. The smallest absolute Gasteiger partial charge is 0.0757 e. The minimum atomic E-state index is 0.195. The molecule has 1 heteroatoms. The molecule has 0 bridgehead atoms. The Morgan fingerprint density at radius 2 is 2.07 bits per heavy atom. The van der Waals surface area contributed by atoms with E-state index in [0.717, 1.165) is 12.8 Å². The normalized spacial score (nSPS) is 12.4. The summed E-state index contributed by atoms with van der Waals surface area (Å²) in [5.41, 5.74) is 1.22. The fourth-order valence-corrected chi connectivity index (χ4v) is 1.33. The van der Waals surface area contributed by atoms with Crippen LogP contribution in [0.2, 0.25) is 0 Å². The standard InChI is InChI=1S/C13H18O/c1-3-8-13(4-2)14-11-12-9-6-5-7-10-12/h4-7,9-10,13H,2-3,8,11H2,1H3/t13-/m0/s1. The molecule has 76 valence electrons. The van der Waals surface area contributed by atoms with Crippen LogP contribution in [0.5, 0.6) is 0 Å². The number of rotatable bonds is 6. The molecule has 0 heterocycles. The zero-order chi connectivity index (χ0) is 10.2. The topological polar surface area (TPSA) is 9.23 Å². The fourth-order valence-electron chi connectivity index (χ4n) is 1.33. The predicted molar refractivity (Wildman–Crippen MR) is 60.1 cm³/mol. The highest BCUT2D eigenvalue weighted by molar-refractivity contribution is 5.13. The van der Waals surface area contributed by atoms with Crippen molar-refractivity contribution < 1.29 is 4.74 Å². The van der Waals surface area contributed by atoms with Gasteiger partial charge < -0.3 is 4.74 Å². The maximum atomic E-state index is 5.70. The molecule has 0 radical (unpaired) electrons. The van der Waals surface area contributed by atoms with Gasteiger partial charge >= 0.3 is 0 Å². The van der Waals surface area contributed by atoms with E-state index in [4.69, 9.17) is 4.74 Å². The van der Waals surface area contributed by atoms with E-state index < -0.39 is 0 Å². The lowest BCUT2D eigenvalue weighted by molar-refractivity contribution is 0.0663. The van der Waals surface area contributed by atoms with Crippen molar-refractivity contribution >= 4 is 0 Å². The van der Waals surface area contributed by atoms with Crippen LogP contribution in [0.15, 0.2) is 43.0 Å². The van der Waals surface area contributed by atoms with Crippen molar-refractivity contribution in [3.05, 3.63) is 48.6 Å². The van der Waals surface area contributed by atoms with Gasteiger partial charge in [-0.1, -0.05) is 49.8 Å². The number of benzene rings is 1. The van der Waals surface area contributed by atoms with Gasteiger partial charge in [-0.05, 0) is 12.0 Å². The molecule has 0 saturated carbocycles. The third-order valence-electron chi connectivity index (χ3n) is 2.14. The molecule has 0 unspecified atom stereocenters. The molecule has 0 N–H and O–H groups in total. The van der Waals surface area contributed by atoms with Crippen LogP contribution >= 0.6 is 0 Å². The summed E-state index contributed by atoms with van der Waals surface area (Å²) >= 11 is 0. The molecule has 1 nitrogen and oxygen atoms in total. The second kappa shape index (κ2) is 6.39. The van der Waals surface area contributed by atoms with Gasteiger partial charge in [0.05, 0.1) is 12.7 Å². The van der Waals surface area contributed by atoms with Gasteiger partial charge in [0.2, 0.25) is 0 Å². The summed E-state index contributed by atoms with van der Waals surface area (Å²) in [6.07, 6.45) is 4.26.